The van der Waals surface area contributed by atoms with E-state index in [0.717, 1.165) is 48.7 Å². The number of fused-ring (bicyclic) bond motifs is 8. The molecule has 2 saturated heterocycles. The maximum atomic E-state index is 5.89. The van der Waals surface area contributed by atoms with Crippen LogP contribution in [-0.4, -0.2) is 25.4 Å². The quantitative estimate of drug-likeness (QED) is 0.626. The fourth-order valence-electron chi connectivity index (χ4n) is 5.47. The van der Waals surface area contributed by atoms with Gasteiger partial charge >= 0.3 is 0 Å². The number of hydrogen-bond donors (Lipinski definition) is 0. The lowest BCUT2D eigenvalue weighted by Gasteiger charge is -2.42. The Morgan fingerprint density at radius 1 is 0.750 bits per heavy atom. The fourth-order valence-corrected chi connectivity index (χ4v) is 5.47. The van der Waals surface area contributed by atoms with E-state index in [1.807, 2.05) is 0 Å². The van der Waals surface area contributed by atoms with Gasteiger partial charge in [0, 0.05) is 0 Å². The van der Waals surface area contributed by atoms with Crippen molar-refractivity contribution in [3.63, 3.8) is 0 Å². The molecule has 2 heterocycles. The minimum absolute atomic E-state index is 0.497. The van der Waals surface area contributed by atoms with E-state index in [1.54, 1.807) is 0 Å². The molecule has 0 N–H and O–H groups in total. The molecule has 4 aliphatic rings. The van der Waals surface area contributed by atoms with Crippen molar-refractivity contribution in [2.75, 3.05) is 13.2 Å². The summed E-state index contributed by atoms with van der Waals surface area (Å²) in [5.41, 5.74) is 0. The molecule has 0 aromatic carbocycles. The summed E-state index contributed by atoms with van der Waals surface area (Å²) in [6.07, 6.45) is 3.81. The molecule has 0 aromatic heterocycles. The molecule has 4 fully saturated rings. The molecule has 2 heteroatoms. The Bertz CT molecular complexity index is 303. The van der Waals surface area contributed by atoms with E-state index >= 15 is 0 Å². The Morgan fingerprint density at radius 3 is 2.38 bits per heavy atom. The van der Waals surface area contributed by atoms with Crippen molar-refractivity contribution in [3.8, 4) is 0 Å². The van der Waals surface area contributed by atoms with Crippen molar-refractivity contribution in [3.05, 3.63) is 0 Å². The first-order valence-electron chi connectivity index (χ1n) is 6.99. The number of hydrogen-bond acceptors (Lipinski definition) is 2. The second-order valence-electron chi connectivity index (χ2n) is 6.55. The molecule has 0 radical (unpaired) electrons. The van der Waals surface area contributed by atoms with E-state index in [9.17, 15) is 0 Å². The van der Waals surface area contributed by atoms with E-state index in [0.29, 0.717) is 12.2 Å². The van der Waals surface area contributed by atoms with Crippen LogP contribution in [0.5, 0.6) is 0 Å². The molecule has 2 nitrogen and oxygen atoms in total. The highest BCUT2D eigenvalue weighted by molar-refractivity contribution is 5.09. The van der Waals surface area contributed by atoms with Gasteiger partial charge in [0.25, 0.3) is 0 Å². The van der Waals surface area contributed by atoms with Gasteiger partial charge in [0.2, 0.25) is 0 Å². The monoisotopic (exact) mass is 222 g/mol. The first-order chi connectivity index (χ1) is 7.75. The van der Waals surface area contributed by atoms with E-state index in [1.165, 1.54) is 12.8 Å². The van der Waals surface area contributed by atoms with E-state index in [4.69, 9.17) is 9.47 Å². The van der Waals surface area contributed by atoms with Gasteiger partial charge in [0.15, 0.2) is 0 Å². The lowest BCUT2D eigenvalue weighted by Crippen LogP contribution is -2.43. The molecule has 0 aromatic rings. The van der Waals surface area contributed by atoms with Crippen LogP contribution >= 0.6 is 0 Å². The predicted octanol–water partition coefficient (Wildman–Crippen LogP) is 2.33. The zero-order chi connectivity index (χ0) is 10.9. The third kappa shape index (κ3) is 1.10. The van der Waals surface area contributed by atoms with Gasteiger partial charge in [0.1, 0.15) is 0 Å². The van der Waals surface area contributed by atoms with Crippen LogP contribution in [0.1, 0.15) is 26.7 Å². The molecule has 2 saturated carbocycles. The molecular weight excluding hydrogens is 200 g/mol. The molecule has 16 heavy (non-hydrogen) atoms. The molecule has 8 unspecified atom stereocenters. The Labute approximate surface area is 97.7 Å². The fraction of sp³-hybridized carbons (Fsp3) is 1.00. The third-order valence-corrected chi connectivity index (χ3v) is 6.00. The molecule has 90 valence electrons. The number of ether oxygens (including phenoxy) is 2. The van der Waals surface area contributed by atoms with Crippen molar-refractivity contribution in [1.29, 1.82) is 0 Å². The van der Waals surface area contributed by atoms with Crippen LogP contribution in [0.4, 0.5) is 0 Å². The highest BCUT2D eigenvalue weighted by atomic mass is 16.5. The highest BCUT2D eigenvalue weighted by Crippen LogP contribution is 2.63. The van der Waals surface area contributed by atoms with Crippen LogP contribution in [0.2, 0.25) is 0 Å². The van der Waals surface area contributed by atoms with Gasteiger partial charge < -0.3 is 9.47 Å². The minimum atomic E-state index is 0.497. The van der Waals surface area contributed by atoms with Gasteiger partial charge in [-0.25, -0.2) is 0 Å². The standard InChI is InChI=1S/C14H22O2/c1-7-3-9-11-4-10(12(9)5-15-7)13-6-16-8(2)14(11)13/h7-14H,3-6H2,1-2H3. The molecule has 2 aliphatic heterocycles. The predicted molar refractivity (Wildman–Crippen MR) is 61.0 cm³/mol. The summed E-state index contributed by atoms with van der Waals surface area (Å²) < 4.78 is 11.8. The molecule has 0 amide bonds. The normalized spacial score (nSPS) is 63.4. The first-order valence-corrected chi connectivity index (χ1v) is 6.99. The Hall–Kier alpha value is -0.0800. The molecule has 0 spiro atoms. The lowest BCUT2D eigenvalue weighted by atomic mass is 9.66. The summed E-state index contributed by atoms with van der Waals surface area (Å²) in [6, 6.07) is 0. The summed E-state index contributed by atoms with van der Waals surface area (Å²) in [5.74, 6) is 5.48. The average molecular weight is 222 g/mol. The van der Waals surface area contributed by atoms with Crippen LogP contribution in [0.15, 0.2) is 0 Å². The second kappa shape index (κ2) is 3.23. The van der Waals surface area contributed by atoms with E-state index in [-0.39, 0.29) is 0 Å². The van der Waals surface area contributed by atoms with E-state index in [2.05, 4.69) is 13.8 Å². The average Bonchev–Trinajstić information content (AvgIpc) is 2.89. The number of rotatable bonds is 0. The Morgan fingerprint density at radius 2 is 1.50 bits per heavy atom. The summed E-state index contributed by atoms with van der Waals surface area (Å²) in [7, 11) is 0. The van der Waals surface area contributed by atoms with Gasteiger partial charge in [-0.1, -0.05) is 0 Å². The highest BCUT2D eigenvalue weighted by Gasteiger charge is 2.62. The molecular formula is C14H22O2. The summed E-state index contributed by atoms with van der Waals surface area (Å²) in [6.45, 7) is 6.60. The van der Waals surface area contributed by atoms with Crippen molar-refractivity contribution in [2.24, 2.45) is 35.5 Å². The van der Waals surface area contributed by atoms with Crippen LogP contribution in [-0.2, 0) is 9.47 Å². The molecule has 8 atom stereocenters. The van der Waals surface area contributed by atoms with Crippen LogP contribution in [0, 0.1) is 35.5 Å². The van der Waals surface area contributed by atoms with Crippen molar-refractivity contribution in [2.45, 2.75) is 38.9 Å². The largest absolute Gasteiger partial charge is 0.378 e. The molecule has 4 rings (SSSR count). The van der Waals surface area contributed by atoms with Gasteiger partial charge in [-0.15, -0.1) is 0 Å². The molecule has 2 bridgehead atoms. The van der Waals surface area contributed by atoms with Gasteiger partial charge in [0.05, 0.1) is 25.4 Å². The van der Waals surface area contributed by atoms with Crippen molar-refractivity contribution < 1.29 is 9.47 Å². The SMILES string of the molecule is CC1CC2C(CO1)C1CC2C2C(C)OCC12. The zero-order valence-electron chi connectivity index (χ0n) is 10.3. The third-order valence-electron chi connectivity index (χ3n) is 6.00. The van der Waals surface area contributed by atoms with Crippen molar-refractivity contribution >= 4 is 0 Å². The topological polar surface area (TPSA) is 18.5 Å². The van der Waals surface area contributed by atoms with E-state index < -0.39 is 0 Å². The van der Waals surface area contributed by atoms with Crippen LogP contribution in [0.3, 0.4) is 0 Å². The van der Waals surface area contributed by atoms with Crippen LogP contribution < -0.4 is 0 Å². The first kappa shape index (κ1) is 9.90. The van der Waals surface area contributed by atoms with Crippen molar-refractivity contribution in [1.82, 2.24) is 0 Å². The minimum Gasteiger partial charge on any atom is -0.378 e. The summed E-state index contributed by atoms with van der Waals surface area (Å²) in [5, 5.41) is 0. The maximum Gasteiger partial charge on any atom is 0.0581 e. The second-order valence-corrected chi connectivity index (χ2v) is 6.55. The Kier molecular flexibility index (Phi) is 2.00. The zero-order valence-corrected chi connectivity index (χ0v) is 10.3. The summed E-state index contributed by atoms with van der Waals surface area (Å²) in [4.78, 5) is 0. The van der Waals surface area contributed by atoms with Gasteiger partial charge in [-0.2, -0.15) is 0 Å². The van der Waals surface area contributed by atoms with Crippen LogP contribution in [0.25, 0.3) is 0 Å². The Balaban J connectivity index is 1.64. The summed E-state index contributed by atoms with van der Waals surface area (Å²) >= 11 is 0. The van der Waals surface area contributed by atoms with Gasteiger partial charge in [-0.3, -0.25) is 0 Å². The smallest absolute Gasteiger partial charge is 0.0581 e. The maximum absolute atomic E-state index is 5.89. The molecule has 2 aliphatic carbocycles. The lowest BCUT2D eigenvalue weighted by molar-refractivity contribution is -0.0728. The van der Waals surface area contributed by atoms with Gasteiger partial charge in [-0.05, 0) is 62.2 Å².